The summed E-state index contributed by atoms with van der Waals surface area (Å²) in [5.41, 5.74) is 0. The van der Waals surface area contributed by atoms with Crippen molar-refractivity contribution in [3.8, 4) is 0 Å². The van der Waals surface area contributed by atoms with Gasteiger partial charge in [0.1, 0.15) is 73.2 Å². The van der Waals surface area contributed by atoms with E-state index < -0.39 is 124 Å². The van der Waals surface area contributed by atoms with Gasteiger partial charge in [-0.15, -0.1) is 0 Å². The van der Waals surface area contributed by atoms with Gasteiger partial charge < -0.3 is 89.9 Å². The molecule has 622 valence electrons. The molecule has 17 unspecified atom stereocenters. The molecule has 3 fully saturated rings. The predicted molar refractivity (Wildman–Crippen MR) is 433 cm³/mol. The molecule has 19 nitrogen and oxygen atoms in total. The molecule has 0 aromatic carbocycles. The summed E-state index contributed by atoms with van der Waals surface area (Å²) in [7, 11) is 0. The Bertz CT molecular complexity index is 2420. The number of hydrogen-bond acceptors (Lipinski definition) is 18. The van der Waals surface area contributed by atoms with Gasteiger partial charge in [-0.3, -0.25) is 4.79 Å². The lowest BCUT2D eigenvalue weighted by Gasteiger charge is -2.48. The highest BCUT2D eigenvalue weighted by Gasteiger charge is 2.54. The highest BCUT2D eigenvalue weighted by atomic mass is 16.8. The van der Waals surface area contributed by atoms with E-state index in [9.17, 15) is 61.0 Å². The van der Waals surface area contributed by atoms with Crippen LogP contribution in [0.2, 0.25) is 0 Å². The fourth-order valence-electron chi connectivity index (χ4n) is 13.7. The van der Waals surface area contributed by atoms with Crippen molar-refractivity contribution in [2.45, 2.75) is 407 Å². The second kappa shape index (κ2) is 67.7. The van der Waals surface area contributed by atoms with Crippen LogP contribution >= 0.6 is 0 Å². The van der Waals surface area contributed by atoms with Gasteiger partial charge in [0.2, 0.25) is 5.91 Å². The van der Waals surface area contributed by atoms with E-state index in [0.29, 0.717) is 12.8 Å². The summed E-state index contributed by atoms with van der Waals surface area (Å²) in [6.45, 7) is 1.62. The molecule has 0 aromatic heterocycles. The maximum Gasteiger partial charge on any atom is 0.220 e. The molecule has 0 saturated carbocycles. The molecule has 0 aliphatic carbocycles. The van der Waals surface area contributed by atoms with E-state index in [1.165, 1.54) is 167 Å². The normalized spacial score (nSPS) is 26.0. The average Bonchev–Trinajstić information content (AvgIpc) is 0.774. The first-order valence-electron chi connectivity index (χ1n) is 42.8. The van der Waals surface area contributed by atoms with E-state index in [-0.39, 0.29) is 18.9 Å². The number of hydrogen-bond donors (Lipinski definition) is 12. The Kier molecular flexibility index (Phi) is 61.6. The van der Waals surface area contributed by atoms with Crippen LogP contribution in [-0.2, 0) is 33.2 Å². The maximum atomic E-state index is 13.5. The molecule has 108 heavy (non-hydrogen) atoms. The van der Waals surface area contributed by atoms with Crippen molar-refractivity contribution in [2.24, 2.45) is 0 Å². The summed E-state index contributed by atoms with van der Waals surface area (Å²) in [5, 5.41) is 121. The number of unbranched alkanes of at least 4 members (excludes halogenated alkanes) is 33. The summed E-state index contributed by atoms with van der Waals surface area (Å²) in [6, 6.07) is -1.01. The van der Waals surface area contributed by atoms with Crippen molar-refractivity contribution in [3.63, 3.8) is 0 Å². The summed E-state index contributed by atoms with van der Waals surface area (Å²) in [5.74, 6) is -0.293. The topological polar surface area (TPSA) is 307 Å². The zero-order valence-corrected chi connectivity index (χ0v) is 66.8. The molecule has 3 aliphatic rings. The number of nitrogens with one attached hydrogen (secondary N) is 1. The van der Waals surface area contributed by atoms with Crippen molar-refractivity contribution in [2.75, 3.05) is 26.4 Å². The largest absolute Gasteiger partial charge is 0.394 e. The molecule has 3 heterocycles. The van der Waals surface area contributed by atoms with Gasteiger partial charge in [-0.1, -0.05) is 315 Å². The van der Waals surface area contributed by atoms with Crippen molar-refractivity contribution >= 4 is 5.91 Å². The monoisotopic (exact) mass is 1520 g/mol. The standard InChI is InChI=1S/C89H153NO18/c1-3-5-7-9-11-13-15-17-19-21-23-25-27-29-31-33-34-35-36-37-38-39-41-43-45-47-49-51-53-55-57-59-61-63-65-67-77(95)90-72(73(94)66-64-62-60-58-56-54-52-50-48-46-44-42-40-32-30-28-26-24-22-20-18-16-14-12-10-8-6-4-2)71-103-87-83(101)80(98)85(75(69-92)105-87)108-89-84(102)81(99)86(76(70-93)106-89)107-88-82(100)79(97)78(96)74(68-91)104-88/h5,7,11,13,17,19,23,25,29,31,34-35,37-38,48,50,56,58,64,66,72-76,78-89,91-94,96-102H,3-4,6,8-10,12,14-16,18,20-22,24,26-28,30,32-33,36,39-47,49,51-55,57,59-63,65,67-71H2,1-2H3,(H,90,95)/b7-5-,13-11-,19-17-,25-23-,31-29-,35-34-,38-37-,50-48+,58-56+,66-64+. The molecule has 3 rings (SSSR count). The van der Waals surface area contributed by atoms with Crippen LogP contribution in [0.1, 0.15) is 303 Å². The highest BCUT2D eigenvalue weighted by molar-refractivity contribution is 5.76. The molecule has 19 heteroatoms. The minimum absolute atomic E-state index is 0.224. The quantitative estimate of drug-likeness (QED) is 0.0199. The van der Waals surface area contributed by atoms with E-state index in [2.05, 4.69) is 129 Å². The van der Waals surface area contributed by atoms with Gasteiger partial charge >= 0.3 is 0 Å². The molecule has 1 amide bonds. The summed E-state index contributed by atoms with van der Waals surface area (Å²) in [6.07, 6.45) is 69.0. The van der Waals surface area contributed by atoms with Crippen molar-refractivity contribution in [3.05, 3.63) is 122 Å². The van der Waals surface area contributed by atoms with Gasteiger partial charge in [0.25, 0.3) is 0 Å². The Morgan fingerprint density at radius 1 is 0.343 bits per heavy atom. The number of carbonyl (C=O) groups is 1. The number of aliphatic hydroxyl groups is 11. The van der Waals surface area contributed by atoms with Crippen LogP contribution in [0.5, 0.6) is 0 Å². The Balaban J connectivity index is 1.37. The van der Waals surface area contributed by atoms with Crippen LogP contribution in [0.3, 0.4) is 0 Å². The van der Waals surface area contributed by atoms with E-state index in [4.69, 9.17) is 28.4 Å². The average molecular weight is 1530 g/mol. The summed E-state index contributed by atoms with van der Waals surface area (Å²) < 4.78 is 34.5. The van der Waals surface area contributed by atoms with Crippen LogP contribution in [-0.4, -0.2) is 193 Å². The number of rotatable bonds is 67. The molecule has 17 atom stereocenters. The molecule has 3 saturated heterocycles. The van der Waals surface area contributed by atoms with Gasteiger partial charge in [0.15, 0.2) is 18.9 Å². The summed E-state index contributed by atoms with van der Waals surface area (Å²) >= 11 is 0. The lowest BCUT2D eigenvalue weighted by Crippen LogP contribution is -2.66. The van der Waals surface area contributed by atoms with Crippen molar-refractivity contribution in [1.29, 1.82) is 0 Å². The molecule has 3 aliphatic heterocycles. The Hall–Kier alpha value is -3.81. The lowest BCUT2D eigenvalue weighted by molar-refractivity contribution is -0.379. The van der Waals surface area contributed by atoms with Crippen LogP contribution in [0, 0.1) is 0 Å². The Labute approximate surface area is 652 Å². The zero-order valence-electron chi connectivity index (χ0n) is 66.8. The number of allylic oxidation sites excluding steroid dienone is 19. The minimum Gasteiger partial charge on any atom is -0.394 e. The van der Waals surface area contributed by atoms with Gasteiger partial charge in [0.05, 0.1) is 38.6 Å². The molecule has 12 N–H and O–H groups in total. The third-order valence-electron chi connectivity index (χ3n) is 20.5. The van der Waals surface area contributed by atoms with Crippen LogP contribution in [0.4, 0.5) is 0 Å². The number of carbonyl (C=O) groups excluding carboxylic acids is 1. The fourth-order valence-corrected chi connectivity index (χ4v) is 13.7. The van der Waals surface area contributed by atoms with E-state index >= 15 is 0 Å². The zero-order chi connectivity index (χ0) is 78.1. The molecule has 0 aromatic rings. The smallest absolute Gasteiger partial charge is 0.220 e. The second-order valence-electron chi connectivity index (χ2n) is 29.9. The Morgan fingerprint density at radius 3 is 1.04 bits per heavy atom. The number of ether oxygens (including phenoxy) is 6. The minimum atomic E-state index is -1.99. The van der Waals surface area contributed by atoms with Crippen LogP contribution in [0.15, 0.2) is 122 Å². The third-order valence-corrected chi connectivity index (χ3v) is 20.5. The Morgan fingerprint density at radius 2 is 0.648 bits per heavy atom. The van der Waals surface area contributed by atoms with Crippen LogP contribution in [0.25, 0.3) is 0 Å². The second-order valence-corrected chi connectivity index (χ2v) is 29.9. The first kappa shape index (κ1) is 98.4. The highest BCUT2D eigenvalue weighted by Crippen LogP contribution is 2.33. The predicted octanol–water partition coefficient (Wildman–Crippen LogP) is 15.5. The van der Waals surface area contributed by atoms with Gasteiger partial charge in [-0.2, -0.15) is 0 Å². The number of aliphatic hydroxyl groups excluding tert-OH is 11. The first-order chi connectivity index (χ1) is 52.8. The molecule has 0 radical (unpaired) electrons. The molecular formula is C89H153NO18. The molecular weight excluding hydrogens is 1370 g/mol. The van der Waals surface area contributed by atoms with E-state index in [1.807, 2.05) is 6.08 Å². The van der Waals surface area contributed by atoms with Gasteiger partial charge in [-0.25, -0.2) is 0 Å². The molecule has 0 spiro atoms. The van der Waals surface area contributed by atoms with E-state index in [1.54, 1.807) is 6.08 Å². The van der Waals surface area contributed by atoms with Crippen LogP contribution < -0.4 is 5.32 Å². The lowest BCUT2D eigenvalue weighted by atomic mass is 9.96. The summed E-state index contributed by atoms with van der Waals surface area (Å²) in [4.78, 5) is 13.5. The van der Waals surface area contributed by atoms with Crippen molar-refractivity contribution in [1.82, 2.24) is 5.32 Å². The van der Waals surface area contributed by atoms with Gasteiger partial charge in [-0.05, 0) is 103 Å². The SMILES string of the molecule is CC/C=C\C/C=C\C/C=C\C/C=C\C/C=C\C/C=C\C/C=C\CCCCCCCCCCCCCCCC(=O)NC(COC1OC(CO)C(OC2OC(CO)C(OC3OC(CO)C(O)C(O)C3O)C(O)C2O)C(O)C1O)C(O)/C=C/CC/C=C/CC/C=C/CCCCCCCCCCCCCCCCCCCC. The third kappa shape index (κ3) is 46.4. The van der Waals surface area contributed by atoms with E-state index in [0.717, 1.165) is 103 Å². The fraction of sp³-hybridized carbons (Fsp3) is 0.764. The van der Waals surface area contributed by atoms with Gasteiger partial charge in [0, 0.05) is 6.42 Å². The van der Waals surface area contributed by atoms with Crippen molar-refractivity contribution < 1.29 is 89.4 Å². The number of amides is 1. The first-order valence-corrected chi connectivity index (χ1v) is 42.8. The maximum absolute atomic E-state index is 13.5. The molecule has 0 bridgehead atoms.